The zero-order valence-corrected chi connectivity index (χ0v) is 17.3. The number of rotatable bonds is 6. The fourth-order valence-corrected chi connectivity index (χ4v) is 3.43. The Morgan fingerprint density at radius 2 is 1.84 bits per heavy atom. The van der Waals surface area contributed by atoms with E-state index in [0.717, 1.165) is 25.0 Å². The summed E-state index contributed by atoms with van der Waals surface area (Å²) in [4.78, 5) is 32.1. The Hall–Kier alpha value is -3.30. The number of hydrogen-bond acceptors (Lipinski definition) is 6. The van der Waals surface area contributed by atoms with E-state index in [1.54, 1.807) is 23.1 Å². The number of carbonyl (C=O) groups is 2. The van der Waals surface area contributed by atoms with E-state index in [4.69, 9.17) is 4.74 Å². The molecule has 1 amide bonds. The second-order valence-corrected chi connectivity index (χ2v) is 7.84. The number of nitrogens with zero attached hydrogens (tertiary/aromatic N) is 3. The Kier molecular flexibility index (Phi) is 6.20. The minimum atomic E-state index is -4.40. The van der Waals surface area contributed by atoms with E-state index in [0.29, 0.717) is 43.7 Å². The minimum absolute atomic E-state index is 0.258. The Bertz CT molecular complexity index is 969. The first-order valence-electron chi connectivity index (χ1n) is 10.4. The van der Waals surface area contributed by atoms with Crippen LogP contribution in [0.4, 0.5) is 24.7 Å². The summed E-state index contributed by atoms with van der Waals surface area (Å²) in [5, 5.41) is 3.22. The predicted molar refractivity (Wildman–Crippen MR) is 111 cm³/mol. The van der Waals surface area contributed by atoms with Gasteiger partial charge in [-0.25, -0.2) is 9.78 Å². The molecule has 0 radical (unpaired) electrons. The zero-order chi connectivity index (χ0) is 22.7. The molecule has 170 valence electrons. The summed E-state index contributed by atoms with van der Waals surface area (Å²) in [6.07, 6.45) is -0.768. The van der Waals surface area contributed by atoms with Crippen LogP contribution in [0.25, 0.3) is 0 Å². The summed E-state index contributed by atoms with van der Waals surface area (Å²) >= 11 is 0. The van der Waals surface area contributed by atoms with Gasteiger partial charge < -0.3 is 19.9 Å². The van der Waals surface area contributed by atoms with Crippen molar-refractivity contribution < 1.29 is 27.5 Å². The number of pyridine rings is 1. The fourth-order valence-electron chi connectivity index (χ4n) is 3.43. The molecule has 1 saturated carbocycles. The summed E-state index contributed by atoms with van der Waals surface area (Å²) in [7, 11) is 0. The Balaban J connectivity index is 1.24. The molecule has 1 aliphatic heterocycles. The fraction of sp³-hybridized carbons (Fsp3) is 0.409. The molecule has 2 fully saturated rings. The molecule has 0 bridgehead atoms. The van der Waals surface area contributed by atoms with Crippen molar-refractivity contribution >= 4 is 23.4 Å². The molecule has 1 aromatic carbocycles. The first-order chi connectivity index (χ1) is 15.3. The van der Waals surface area contributed by atoms with Crippen molar-refractivity contribution in [2.75, 3.05) is 43.0 Å². The average molecular weight is 448 g/mol. The second kappa shape index (κ2) is 9.05. The Labute approximate surface area is 183 Å². The maximum absolute atomic E-state index is 12.9. The van der Waals surface area contributed by atoms with Crippen LogP contribution in [0.1, 0.15) is 28.8 Å². The van der Waals surface area contributed by atoms with Crippen LogP contribution in [0, 0.1) is 0 Å². The van der Waals surface area contributed by atoms with Crippen LogP contribution >= 0.6 is 0 Å². The van der Waals surface area contributed by atoms with Crippen molar-refractivity contribution in [1.29, 1.82) is 0 Å². The molecule has 2 aromatic rings. The van der Waals surface area contributed by atoms with E-state index in [-0.39, 0.29) is 11.5 Å². The average Bonchev–Trinajstić information content (AvgIpc) is 3.61. The Morgan fingerprint density at radius 1 is 1.09 bits per heavy atom. The quantitative estimate of drug-likeness (QED) is 0.685. The van der Waals surface area contributed by atoms with Crippen molar-refractivity contribution in [1.82, 2.24) is 9.88 Å². The monoisotopic (exact) mass is 448 g/mol. The number of halogens is 3. The summed E-state index contributed by atoms with van der Waals surface area (Å²) in [5.41, 5.74) is 0.0187. The molecule has 32 heavy (non-hydrogen) atoms. The highest BCUT2D eigenvalue weighted by molar-refractivity contribution is 5.91. The van der Waals surface area contributed by atoms with Crippen LogP contribution in [0.3, 0.4) is 0 Å². The lowest BCUT2D eigenvalue weighted by Gasteiger charge is -2.36. The van der Waals surface area contributed by atoms with Gasteiger partial charge >= 0.3 is 12.1 Å². The minimum Gasteiger partial charge on any atom is -0.452 e. The molecule has 7 nitrogen and oxygen atoms in total. The topological polar surface area (TPSA) is 74.8 Å². The zero-order valence-electron chi connectivity index (χ0n) is 17.3. The number of anilines is 2. The number of piperazine rings is 1. The van der Waals surface area contributed by atoms with Crippen LogP contribution in [0.5, 0.6) is 0 Å². The molecule has 4 rings (SSSR count). The van der Waals surface area contributed by atoms with Gasteiger partial charge in [-0.2, -0.15) is 13.2 Å². The first kappa shape index (κ1) is 21.9. The highest BCUT2D eigenvalue weighted by Crippen LogP contribution is 2.32. The molecule has 0 spiro atoms. The summed E-state index contributed by atoms with van der Waals surface area (Å²) in [6, 6.07) is 8.88. The number of ether oxygens (including phenoxy) is 1. The van der Waals surface area contributed by atoms with Gasteiger partial charge in [0.15, 0.2) is 6.61 Å². The standard InChI is InChI=1S/C22H23F3N4O3/c23-22(24,25)16-2-1-3-18(12-16)28-8-10-29(11-9-28)20(30)14-32-21(31)15-4-7-19(26-13-15)27-17-5-6-17/h1-4,7,12-13,17H,5-6,8-11,14H2,(H,26,27). The molecule has 2 aliphatic rings. The van der Waals surface area contributed by atoms with Gasteiger partial charge in [0.1, 0.15) is 5.82 Å². The molecular weight excluding hydrogens is 425 g/mol. The molecule has 1 aliphatic carbocycles. The van der Waals surface area contributed by atoms with Gasteiger partial charge in [-0.05, 0) is 43.2 Å². The highest BCUT2D eigenvalue weighted by atomic mass is 19.4. The number of amides is 1. The maximum Gasteiger partial charge on any atom is 0.416 e. The second-order valence-electron chi connectivity index (χ2n) is 7.84. The van der Waals surface area contributed by atoms with Crippen molar-refractivity contribution in [3.63, 3.8) is 0 Å². The van der Waals surface area contributed by atoms with Gasteiger partial charge in [0.2, 0.25) is 0 Å². The number of carbonyl (C=O) groups excluding carboxylic acids is 2. The van der Waals surface area contributed by atoms with E-state index in [1.807, 2.05) is 0 Å². The highest BCUT2D eigenvalue weighted by Gasteiger charge is 2.31. The van der Waals surface area contributed by atoms with Crippen LogP contribution in [-0.4, -0.2) is 60.6 Å². The normalized spacial score (nSPS) is 16.6. The molecule has 10 heteroatoms. The van der Waals surface area contributed by atoms with Gasteiger partial charge in [0.05, 0.1) is 11.1 Å². The van der Waals surface area contributed by atoms with Crippen molar-refractivity contribution in [2.24, 2.45) is 0 Å². The van der Waals surface area contributed by atoms with Gasteiger partial charge in [-0.15, -0.1) is 0 Å². The SMILES string of the molecule is O=C(OCC(=O)N1CCN(c2cccc(C(F)(F)F)c2)CC1)c1ccc(NC2CC2)nc1. The van der Waals surface area contributed by atoms with Crippen molar-refractivity contribution in [3.8, 4) is 0 Å². The molecule has 2 heterocycles. The van der Waals surface area contributed by atoms with Crippen LogP contribution in [0.15, 0.2) is 42.6 Å². The van der Waals surface area contributed by atoms with Gasteiger partial charge in [0.25, 0.3) is 5.91 Å². The van der Waals surface area contributed by atoms with E-state index in [2.05, 4.69) is 10.3 Å². The molecule has 1 saturated heterocycles. The number of hydrogen-bond donors (Lipinski definition) is 1. The van der Waals surface area contributed by atoms with E-state index in [1.165, 1.54) is 17.2 Å². The number of nitrogens with one attached hydrogen (secondary N) is 1. The Morgan fingerprint density at radius 3 is 2.47 bits per heavy atom. The maximum atomic E-state index is 12.9. The number of esters is 1. The lowest BCUT2D eigenvalue weighted by molar-refractivity contribution is -0.137. The van der Waals surface area contributed by atoms with Gasteiger partial charge in [-0.1, -0.05) is 6.07 Å². The van der Waals surface area contributed by atoms with Crippen LogP contribution in [0.2, 0.25) is 0 Å². The van der Waals surface area contributed by atoms with Gasteiger partial charge in [-0.3, -0.25) is 4.79 Å². The summed E-state index contributed by atoms with van der Waals surface area (Å²) < 4.78 is 43.9. The van der Waals surface area contributed by atoms with Crippen molar-refractivity contribution in [2.45, 2.75) is 25.1 Å². The van der Waals surface area contributed by atoms with Gasteiger partial charge in [0, 0.05) is 44.1 Å². The summed E-state index contributed by atoms with van der Waals surface area (Å²) in [6.45, 7) is 1.04. The van der Waals surface area contributed by atoms with Crippen LogP contribution < -0.4 is 10.2 Å². The lowest BCUT2D eigenvalue weighted by atomic mass is 10.1. The molecule has 0 unspecified atom stereocenters. The summed E-state index contributed by atoms with van der Waals surface area (Å²) in [5.74, 6) is -0.285. The lowest BCUT2D eigenvalue weighted by Crippen LogP contribution is -2.50. The third-order valence-electron chi connectivity index (χ3n) is 5.43. The largest absolute Gasteiger partial charge is 0.452 e. The predicted octanol–water partition coefficient (Wildman–Crippen LogP) is 3.18. The third-order valence-corrected chi connectivity index (χ3v) is 5.43. The third kappa shape index (κ3) is 5.49. The van der Waals surface area contributed by atoms with E-state index >= 15 is 0 Å². The smallest absolute Gasteiger partial charge is 0.416 e. The van der Waals surface area contributed by atoms with E-state index < -0.39 is 24.3 Å². The number of aromatic nitrogens is 1. The number of benzene rings is 1. The first-order valence-corrected chi connectivity index (χ1v) is 10.4. The number of alkyl halides is 3. The molecular formula is C22H23F3N4O3. The van der Waals surface area contributed by atoms with Crippen LogP contribution in [-0.2, 0) is 15.7 Å². The molecule has 1 aromatic heterocycles. The van der Waals surface area contributed by atoms with Crippen molar-refractivity contribution in [3.05, 3.63) is 53.7 Å². The molecule has 1 N–H and O–H groups in total. The molecule has 0 atom stereocenters. The van der Waals surface area contributed by atoms with E-state index in [9.17, 15) is 22.8 Å².